The van der Waals surface area contributed by atoms with Gasteiger partial charge in [0.05, 0.1) is 10.6 Å². The highest BCUT2D eigenvalue weighted by molar-refractivity contribution is 7.90. The maximum absolute atomic E-state index is 12.3. The topological polar surface area (TPSA) is 118 Å². The molecule has 7 nitrogen and oxygen atoms in total. The Hall–Kier alpha value is -1.00. The van der Waals surface area contributed by atoms with Crippen LogP contribution in [0.4, 0.5) is 0 Å². The molecule has 0 amide bonds. The van der Waals surface area contributed by atoms with E-state index in [2.05, 4.69) is 9.44 Å². The van der Waals surface area contributed by atoms with Crippen LogP contribution in [0.15, 0.2) is 35.2 Å². The first-order chi connectivity index (χ1) is 11.8. The summed E-state index contributed by atoms with van der Waals surface area (Å²) < 4.78 is 53.7. The lowest BCUT2D eigenvalue weighted by molar-refractivity contribution is 0.294. The van der Waals surface area contributed by atoms with Gasteiger partial charge in [0.25, 0.3) is 0 Å². The van der Waals surface area contributed by atoms with E-state index < -0.39 is 20.0 Å². The average Bonchev–Trinajstić information content (AvgIpc) is 2.61. The Labute approximate surface area is 150 Å². The highest BCUT2D eigenvalue weighted by atomic mass is 32.2. The predicted octanol–water partition coefficient (Wildman–Crippen LogP) is 0.792. The number of hydrogen-bond donors (Lipinski definition) is 3. The van der Waals surface area contributed by atoms with Gasteiger partial charge in [-0.2, -0.15) is 0 Å². The van der Waals surface area contributed by atoms with Crippen LogP contribution in [0.25, 0.3) is 0 Å². The molecule has 142 valence electrons. The van der Waals surface area contributed by atoms with Crippen molar-refractivity contribution < 1.29 is 16.8 Å². The van der Waals surface area contributed by atoms with Gasteiger partial charge in [-0.05, 0) is 30.9 Å². The fraction of sp³-hybridized carbons (Fsp3) is 0.625. The molecule has 1 aliphatic carbocycles. The first kappa shape index (κ1) is 20.3. The number of sulfonamides is 2. The molecule has 2 rings (SSSR count). The predicted molar refractivity (Wildman–Crippen MR) is 98.0 cm³/mol. The number of hydrogen-bond acceptors (Lipinski definition) is 5. The van der Waals surface area contributed by atoms with Gasteiger partial charge in [0.1, 0.15) is 0 Å². The largest absolute Gasteiger partial charge is 0.329 e. The molecule has 1 unspecified atom stereocenters. The Morgan fingerprint density at radius 2 is 1.68 bits per heavy atom. The van der Waals surface area contributed by atoms with Crippen LogP contribution in [0.3, 0.4) is 0 Å². The van der Waals surface area contributed by atoms with E-state index in [9.17, 15) is 16.8 Å². The maximum Gasteiger partial charge on any atom is 0.240 e. The summed E-state index contributed by atoms with van der Waals surface area (Å²) in [5.41, 5.74) is 5.75. The average molecular weight is 390 g/mol. The summed E-state index contributed by atoms with van der Waals surface area (Å²) in [6, 6.07) is 7.58. The van der Waals surface area contributed by atoms with Gasteiger partial charge in [-0.3, -0.25) is 0 Å². The van der Waals surface area contributed by atoms with Crippen LogP contribution in [0.2, 0.25) is 0 Å². The molecule has 1 fully saturated rings. The van der Waals surface area contributed by atoms with Gasteiger partial charge in [0.2, 0.25) is 20.0 Å². The standard InChI is InChI=1S/C16H27N3O4S2/c17-13-16(14-7-3-1-4-8-14)19-24(20,21)12-11-18-25(22,23)15-9-5-2-6-10-15/h2,5-6,9-10,14,16,18-19H,1,3-4,7-8,11-13,17H2. The summed E-state index contributed by atoms with van der Waals surface area (Å²) in [5.74, 6) is -0.0583. The van der Waals surface area contributed by atoms with Gasteiger partial charge >= 0.3 is 0 Å². The second kappa shape index (κ2) is 9.09. The molecule has 1 aromatic carbocycles. The molecule has 0 radical (unpaired) electrons. The maximum atomic E-state index is 12.3. The third-order valence-electron chi connectivity index (χ3n) is 4.52. The monoisotopic (exact) mass is 389 g/mol. The lowest BCUT2D eigenvalue weighted by Gasteiger charge is -2.29. The second-order valence-corrected chi connectivity index (χ2v) is 10.0. The summed E-state index contributed by atoms with van der Waals surface area (Å²) >= 11 is 0. The number of rotatable bonds is 9. The van der Waals surface area contributed by atoms with Gasteiger partial charge in [0, 0.05) is 19.1 Å². The lowest BCUT2D eigenvalue weighted by atomic mass is 9.84. The van der Waals surface area contributed by atoms with Crippen LogP contribution >= 0.6 is 0 Å². The minimum atomic E-state index is -3.70. The van der Waals surface area contributed by atoms with Gasteiger partial charge in [0.15, 0.2) is 0 Å². The van der Waals surface area contributed by atoms with Crippen molar-refractivity contribution in [2.75, 3.05) is 18.8 Å². The van der Waals surface area contributed by atoms with E-state index in [1.165, 1.54) is 18.6 Å². The van der Waals surface area contributed by atoms with Gasteiger partial charge < -0.3 is 5.73 Å². The van der Waals surface area contributed by atoms with E-state index in [1.807, 2.05) is 0 Å². The van der Waals surface area contributed by atoms with E-state index in [0.29, 0.717) is 0 Å². The summed E-state index contributed by atoms with van der Waals surface area (Å²) in [4.78, 5) is 0.113. The van der Waals surface area contributed by atoms with Crippen molar-refractivity contribution in [3.63, 3.8) is 0 Å². The van der Waals surface area contributed by atoms with Crippen molar-refractivity contribution in [3.05, 3.63) is 30.3 Å². The number of benzene rings is 1. The normalized spacial score (nSPS) is 18.1. The summed E-state index contributed by atoms with van der Waals surface area (Å²) in [6.45, 7) is 0.0636. The summed E-state index contributed by atoms with van der Waals surface area (Å²) in [6.07, 6.45) is 5.33. The molecular formula is C16H27N3O4S2. The minimum absolute atomic E-state index is 0.113. The molecule has 0 spiro atoms. The smallest absolute Gasteiger partial charge is 0.240 e. The Morgan fingerprint density at radius 3 is 2.28 bits per heavy atom. The molecule has 0 aliphatic heterocycles. The zero-order valence-electron chi connectivity index (χ0n) is 14.2. The molecule has 0 aromatic heterocycles. The van der Waals surface area contributed by atoms with Crippen LogP contribution in [0, 0.1) is 5.92 Å². The van der Waals surface area contributed by atoms with E-state index >= 15 is 0 Å². The number of nitrogens with one attached hydrogen (secondary N) is 2. The summed E-state index contributed by atoms with van der Waals surface area (Å²) in [7, 11) is -7.31. The molecule has 0 saturated heterocycles. The molecule has 1 atom stereocenters. The Morgan fingerprint density at radius 1 is 1.04 bits per heavy atom. The molecule has 0 heterocycles. The van der Waals surface area contributed by atoms with Crippen molar-refractivity contribution in [2.24, 2.45) is 11.7 Å². The van der Waals surface area contributed by atoms with E-state index in [4.69, 9.17) is 5.73 Å². The first-order valence-electron chi connectivity index (χ1n) is 8.59. The highest BCUT2D eigenvalue weighted by Crippen LogP contribution is 2.26. The van der Waals surface area contributed by atoms with Crippen molar-refractivity contribution in [1.82, 2.24) is 9.44 Å². The molecule has 25 heavy (non-hydrogen) atoms. The summed E-state index contributed by atoms with van der Waals surface area (Å²) in [5, 5.41) is 0. The van der Waals surface area contributed by atoms with Crippen LogP contribution in [-0.4, -0.2) is 41.7 Å². The van der Waals surface area contributed by atoms with Crippen LogP contribution < -0.4 is 15.2 Å². The number of nitrogens with two attached hydrogens (primary N) is 1. The van der Waals surface area contributed by atoms with Crippen LogP contribution in [0.1, 0.15) is 32.1 Å². The minimum Gasteiger partial charge on any atom is -0.329 e. The Balaban J connectivity index is 1.88. The first-order valence-corrected chi connectivity index (χ1v) is 11.7. The van der Waals surface area contributed by atoms with Crippen molar-refractivity contribution in [1.29, 1.82) is 0 Å². The van der Waals surface area contributed by atoms with E-state index in [1.54, 1.807) is 18.2 Å². The lowest BCUT2D eigenvalue weighted by Crippen LogP contribution is -2.47. The Kier molecular flexibility index (Phi) is 7.38. The van der Waals surface area contributed by atoms with E-state index in [0.717, 1.165) is 25.7 Å². The van der Waals surface area contributed by atoms with Gasteiger partial charge in [-0.15, -0.1) is 0 Å². The quantitative estimate of drug-likeness (QED) is 0.577. The van der Waals surface area contributed by atoms with Gasteiger partial charge in [-0.25, -0.2) is 26.3 Å². The molecular weight excluding hydrogens is 362 g/mol. The molecule has 1 saturated carbocycles. The molecule has 4 N–H and O–H groups in total. The third kappa shape index (κ3) is 6.34. The molecule has 0 bridgehead atoms. The van der Waals surface area contributed by atoms with Crippen molar-refractivity contribution in [3.8, 4) is 0 Å². The highest BCUT2D eigenvalue weighted by Gasteiger charge is 2.26. The van der Waals surface area contributed by atoms with E-state index in [-0.39, 0.29) is 35.7 Å². The molecule has 9 heteroatoms. The second-order valence-electron chi connectivity index (χ2n) is 6.39. The van der Waals surface area contributed by atoms with Crippen molar-refractivity contribution >= 4 is 20.0 Å². The van der Waals surface area contributed by atoms with Crippen LogP contribution in [-0.2, 0) is 20.0 Å². The van der Waals surface area contributed by atoms with Crippen molar-refractivity contribution in [2.45, 2.75) is 43.0 Å². The molecule has 1 aliphatic rings. The Bertz CT molecular complexity index is 730. The fourth-order valence-corrected chi connectivity index (χ4v) is 5.58. The molecule has 1 aromatic rings. The van der Waals surface area contributed by atoms with Crippen LogP contribution in [0.5, 0.6) is 0 Å². The van der Waals surface area contributed by atoms with Gasteiger partial charge in [-0.1, -0.05) is 37.5 Å². The fourth-order valence-electron chi connectivity index (χ4n) is 3.16. The zero-order valence-corrected chi connectivity index (χ0v) is 15.9. The zero-order chi connectivity index (χ0) is 18.3. The third-order valence-corrected chi connectivity index (χ3v) is 7.40. The SMILES string of the molecule is NCC(NS(=O)(=O)CCNS(=O)(=O)c1ccccc1)C1CCCCC1.